The van der Waals surface area contributed by atoms with E-state index in [2.05, 4.69) is 15.5 Å². The zero-order valence-corrected chi connectivity index (χ0v) is 12.2. The van der Waals surface area contributed by atoms with E-state index in [1.807, 2.05) is 0 Å². The van der Waals surface area contributed by atoms with Gasteiger partial charge in [0.05, 0.1) is 15.7 Å². The molecule has 0 aliphatic rings. The van der Waals surface area contributed by atoms with Crippen molar-refractivity contribution in [3.05, 3.63) is 46.4 Å². The van der Waals surface area contributed by atoms with Crippen LogP contribution < -0.4 is 11.5 Å². The van der Waals surface area contributed by atoms with Crippen molar-refractivity contribution < 1.29 is 0 Å². The van der Waals surface area contributed by atoms with Gasteiger partial charge < -0.3 is 11.5 Å². The van der Waals surface area contributed by atoms with Gasteiger partial charge in [-0.1, -0.05) is 23.2 Å². The molecule has 6 nitrogen and oxygen atoms in total. The fourth-order valence-electron chi connectivity index (χ4n) is 1.93. The number of nitrogen functional groups attached to an aromatic ring is 2. The van der Waals surface area contributed by atoms with Crippen molar-refractivity contribution in [1.82, 2.24) is 20.2 Å². The number of aromatic nitrogens is 4. The van der Waals surface area contributed by atoms with Crippen molar-refractivity contribution >= 4 is 34.6 Å². The summed E-state index contributed by atoms with van der Waals surface area (Å²) in [6.07, 6.45) is 0. The lowest BCUT2D eigenvalue weighted by molar-refractivity contribution is 0.791. The van der Waals surface area contributed by atoms with Gasteiger partial charge in [-0.15, -0.1) is 5.10 Å². The molecule has 0 unspecified atom stereocenters. The fraction of sp³-hybridized carbons (Fsp3) is 0. The Labute approximate surface area is 130 Å². The summed E-state index contributed by atoms with van der Waals surface area (Å²) in [5, 5.41) is 12.5. The van der Waals surface area contributed by atoms with Crippen LogP contribution in [0.25, 0.3) is 17.1 Å². The van der Waals surface area contributed by atoms with Gasteiger partial charge in [0.2, 0.25) is 0 Å². The van der Waals surface area contributed by atoms with E-state index in [1.165, 1.54) is 4.68 Å². The number of benzene rings is 2. The fourth-order valence-corrected chi connectivity index (χ4v) is 2.22. The van der Waals surface area contributed by atoms with Crippen molar-refractivity contribution in [2.24, 2.45) is 0 Å². The normalized spacial score (nSPS) is 10.8. The van der Waals surface area contributed by atoms with Gasteiger partial charge in [-0.05, 0) is 46.8 Å². The predicted molar refractivity (Wildman–Crippen MR) is 83.4 cm³/mol. The molecule has 0 fully saturated rings. The van der Waals surface area contributed by atoms with Crippen LogP contribution in [0.15, 0.2) is 36.4 Å². The Kier molecular flexibility index (Phi) is 3.40. The Balaban J connectivity index is 2.14. The van der Waals surface area contributed by atoms with E-state index < -0.39 is 0 Å². The summed E-state index contributed by atoms with van der Waals surface area (Å²) in [7, 11) is 0. The van der Waals surface area contributed by atoms with Crippen LogP contribution in [0.1, 0.15) is 0 Å². The van der Waals surface area contributed by atoms with Crippen molar-refractivity contribution in [1.29, 1.82) is 0 Å². The van der Waals surface area contributed by atoms with E-state index >= 15 is 0 Å². The average molecular weight is 321 g/mol. The second kappa shape index (κ2) is 5.23. The molecule has 0 saturated carbocycles. The SMILES string of the molecule is Nc1ccc(-c2nnnn2-c2ccc(Cl)c(Cl)c2)c(N)c1. The van der Waals surface area contributed by atoms with Crippen LogP contribution in [-0.4, -0.2) is 20.2 Å². The molecular formula is C13H10Cl2N6. The molecule has 0 saturated heterocycles. The third-order valence-corrected chi connectivity index (χ3v) is 3.67. The van der Waals surface area contributed by atoms with Gasteiger partial charge in [0.1, 0.15) is 0 Å². The number of tetrazole rings is 1. The van der Waals surface area contributed by atoms with Gasteiger partial charge in [0.25, 0.3) is 0 Å². The van der Waals surface area contributed by atoms with E-state index in [9.17, 15) is 0 Å². The van der Waals surface area contributed by atoms with Crippen LogP contribution >= 0.6 is 23.2 Å². The van der Waals surface area contributed by atoms with Crippen LogP contribution in [0.2, 0.25) is 10.0 Å². The maximum absolute atomic E-state index is 6.03. The lowest BCUT2D eigenvalue weighted by Crippen LogP contribution is -2.02. The smallest absolute Gasteiger partial charge is 0.189 e. The molecule has 0 aliphatic carbocycles. The van der Waals surface area contributed by atoms with Gasteiger partial charge in [-0.25, -0.2) is 0 Å². The number of hydrogen-bond acceptors (Lipinski definition) is 5. The minimum absolute atomic E-state index is 0.417. The summed E-state index contributed by atoms with van der Waals surface area (Å²) < 4.78 is 1.53. The van der Waals surface area contributed by atoms with Gasteiger partial charge in [-0.2, -0.15) is 4.68 Å². The minimum atomic E-state index is 0.417. The molecule has 0 amide bonds. The molecule has 0 spiro atoms. The van der Waals surface area contributed by atoms with E-state index in [1.54, 1.807) is 36.4 Å². The van der Waals surface area contributed by atoms with Crippen LogP contribution in [0.3, 0.4) is 0 Å². The van der Waals surface area contributed by atoms with Crippen molar-refractivity contribution in [3.63, 3.8) is 0 Å². The summed E-state index contributed by atoms with van der Waals surface area (Å²) >= 11 is 11.9. The third kappa shape index (κ3) is 2.51. The monoisotopic (exact) mass is 320 g/mol. The molecule has 8 heteroatoms. The molecule has 21 heavy (non-hydrogen) atoms. The van der Waals surface area contributed by atoms with Crippen molar-refractivity contribution in [2.45, 2.75) is 0 Å². The molecule has 106 valence electrons. The highest BCUT2D eigenvalue weighted by Gasteiger charge is 2.14. The maximum atomic E-state index is 6.03. The van der Waals surface area contributed by atoms with E-state index in [0.29, 0.717) is 38.5 Å². The van der Waals surface area contributed by atoms with Gasteiger partial charge in [0.15, 0.2) is 5.82 Å². The van der Waals surface area contributed by atoms with Crippen LogP contribution in [-0.2, 0) is 0 Å². The zero-order chi connectivity index (χ0) is 15.0. The number of nitrogens with zero attached hydrogens (tertiary/aromatic N) is 4. The van der Waals surface area contributed by atoms with Crippen molar-refractivity contribution in [3.8, 4) is 17.1 Å². The molecule has 0 aliphatic heterocycles. The van der Waals surface area contributed by atoms with Gasteiger partial charge >= 0.3 is 0 Å². The molecule has 3 aromatic rings. The summed E-state index contributed by atoms with van der Waals surface area (Å²) in [5.41, 5.74) is 14.1. The van der Waals surface area contributed by atoms with Crippen LogP contribution in [0.5, 0.6) is 0 Å². The molecule has 3 rings (SSSR count). The van der Waals surface area contributed by atoms with E-state index in [0.717, 1.165) is 0 Å². The Morgan fingerprint density at radius 3 is 2.48 bits per heavy atom. The maximum Gasteiger partial charge on any atom is 0.189 e. The highest BCUT2D eigenvalue weighted by Crippen LogP contribution is 2.29. The molecule has 0 radical (unpaired) electrons. The molecule has 4 N–H and O–H groups in total. The van der Waals surface area contributed by atoms with Crippen molar-refractivity contribution in [2.75, 3.05) is 11.5 Å². The summed E-state index contributed by atoms with van der Waals surface area (Å²) in [5.74, 6) is 0.492. The zero-order valence-electron chi connectivity index (χ0n) is 10.7. The molecule has 0 bridgehead atoms. The highest BCUT2D eigenvalue weighted by atomic mass is 35.5. The van der Waals surface area contributed by atoms with Crippen LogP contribution in [0.4, 0.5) is 11.4 Å². The van der Waals surface area contributed by atoms with E-state index in [-0.39, 0.29) is 0 Å². The standard InChI is InChI=1S/C13H10Cl2N6/c14-10-4-2-8(6-11(10)15)21-13(18-19-20-21)9-3-1-7(16)5-12(9)17/h1-6H,16-17H2. The minimum Gasteiger partial charge on any atom is -0.399 e. The number of hydrogen-bond donors (Lipinski definition) is 2. The second-order valence-corrected chi connectivity index (χ2v) is 5.17. The van der Waals surface area contributed by atoms with E-state index in [4.69, 9.17) is 34.7 Å². The number of anilines is 2. The Morgan fingerprint density at radius 2 is 1.76 bits per heavy atom. The summed E-state index contributed by atoms with van der Waals surface area (Å²) in [6.45, 7) is 0. The van der Waals surface area contributed by atoms with Crippen LogP contribution in [0, 0.1) is 0 Å². The lowest BCUT2D eigenvalue weighted by Gasteiger charge is -2.08. The molecule has 0 atom stereocenters. The molecule has 1 aromatic heterocycles. The Hall–Kier alpha value is -2.31. The number of rotatable bonds is 2. The summed E-state index contributed by atoms with van der Waals surface area (Å²) in [6, 6.07) is 10.3. The molecular weight excluding hydrogens is 311 g/mol. The first-order valence-electron chi connectivity index (χ1n) is 5.95. The molecule has 1 heterocycles. The quantitative estimate of drug-likeness (QED) is 0.708. The predicted octanol–water partition coefficient (Wildman–Crippen LogP) is 2.80. The van der Waals surface area contributed by atoms with Gasteiger partial charge in [-0.3, -0.25) is 0 Å². The first-order chi connectivity index (χ1) is 10.1. The summed E-state index contributed by atoms with van der Waals surface area (Å²) in [4.78, 5) is 0. The average Bonchev–Trinajstić information content (AvgIpc) is 2.91. The second-order valence-electron chi connectivity index (χ2n) is 4.36. The highest BCUT2D eigenvalue weighted by molar-refractivity contribution is 6.42. The lowest BCUT2D eigenvalue weighted by atomic mass is 10.1. The van der Waals surface area contributed by atoms with Gasteiger partial charge in [0, 0.05) is 16.9 Å². The first-order valence-corrected chi connectivity index (χ1v) is 6.71. The Bertz CT molecular complexity index is 814. The topological polar surface area (TPSA) is 95.6 Å². The largest absolute Gasteiger partial charge is 0.399 e. The Morgan fingerprint density at radius 1 is 0.952 bits per heavy atom. The first kappa shape index (κ1) is 13.7. The number of halogens is 2. The number of nitrogens with two attached hydrogens (primary N) is 2. The third-order valence-electron chi connectivity index (χ3n) is 2.93. The molecule has 2 aromatic carbocycles.